The highest BCUT2D eigenvalue weighted by atomic mass is 16.6. The number of hydrogen-bond donors (Lipinski definition) is 0. The molecule has 1 saturated heterocycles. The number of carbonyl (C=O) groups excluding carboxylic acids is 1. The maximum Gasteiger partial charge on any atom is 0.409 e. The molecular weight excluding hydrogens is 190 g/mol. The molecule has 0 bridgehead atoms. The van der Waals surface area contributed by atoms with E-state index in [1.54, 1.807) is 0 Å². The van der Waals surface area contributed by atoms with Crippen LogP contribution in [0.5, 0.6) is 0 Å². The van der Waals surface area contributed by atoms with Crippen LogP contribution in [-0.2, 0) is 4.74 Å². The molecule has 3 nitrogen and oxygen atoms in total. The normalized spacial score (nSPS) is 21.1. The monoisotopic (exact) mass is 213 g/mol. The second kappa shape index (κ2) is 5.99. The van der Waals surface area contributed by atoms with E-state index in [0.29, 0.717) is 18.4 Å². The first-order chi connectivity index (χ1) is 7.13. The van der Waals surface area contributed by atoms with Gasteiger partial charge in [-0.2, -0.15) is 0 Å². The van der Waals surface area contributed by atoms with E-state index in [9.17, 15) is 4.79 Å². The molecule has 0 N–H and O–H groups in total. The minimum atomic E-state index is -0.123. The number of amides is 1. The second-order valence-corrected chi connectivity index (χ2v) is 4.86. The summed E-state index contributed by atoms with van der Waals surface area (Å²) in [5.41, 5.74) is 0. The third kappa shape index (κ3) is 4.10. The summed E-state index contributed by atoms with van der Waals surface area (Å²) in [5, 5.41) is 0. The van der Waals surface area contributed by atoms with E-state index in [1.807, 2.05) is 4.90 Å². The van der Waals surface area contributed by atoms with E-state index in [2.05, 4.69) is 20.8 Å². The minimum absolute atomic E-state index is 0.123. The fraction of sp³-hybridized carbons (Fsp3) is 0.917. The summed E-state index contributed by atoms with van der Waals surface area (Å²) in [6.07, 6.45) is 3.46. The number of nitrogens with zero attached hydrogens (tertiary/aromatic N) is 1. The van der Waals surface area contributed by atoms with Crippen molar-refractivity contribution in [2.45, 2.75) is 40.0 Å². The molecule has 1 rings (SSSR count). The lowest BCUT2D eigenvalue weighted by Gasteiger charge is -2.17. The summed E-state index contributed by atoms with van der Waals surface area (Å²) in [5.74, 6) is 1.12. The average Bonchev–Trinajstić information content (AvgIpc) is 2.63. The zero-order valence-electron chi connectivity index (χ0n) is 10.2. The first-order valence-electron chi connectivity index (χ1n) is 6.05. The van der Waals surface area contributed by atoms with Crippen LogP contribution in [0.3, 0.4) is 0 Å². The Hall–Kier alpha value is -0.730. The zero-order chi connectivity index (χ0) is 11.3. The van der Waals surface area contributed by atoms with E-state index in [4.69, 9.17) is 4.74 Å². The van der Waals surface area contributed by atoms with Crippen molar-refractivity contribution in [3.05, 3.63) is 0 Å². The standard InChI is InChI=1S/C12H23NO2/c1-4-5-11-6-7-13(8-11)12(14)15-9-10(2)3/h10-11H,4-9H2,1-3H3. The SMILES string of the molecule is CCCC1CCN(C(=O)OCC(C)C)C1. The van der Waals surface area contributed by atoms with Crippen LogP contribution in [-0.4, -0.2) is 30.7 Å². The van der Waals surface area contributed by atoms with Crippen molar-refractivity contribution < 1.29 is 9.53 Å². The lowest BCUT2D eigenvalue weighted by Crippen LogP contribution is -2.30. The average molecular weight is 213 g/mol. The quantitative estimate of drug-likeness (QED) is 0.718. The number of likely N-dealkylation sites (tertiary alicyclic amines) is 1. The molecular formula is C12H23NO2. The predicted octanol–water partition coefficient (Wildman–Crippen LogP) is 2.90. The van der Waals surface area contributed by atoms with E-state index < -0.39 is 0 Å². The molecule has 1 aliphatic heterocycles. The number of rotatable bonds is 4. The highest BCUT2D eigenvalue weighted by molar-refractivity contribution is 5.67. The van der Waals surface area contributed by atoms with Gasteiger partial charge in [0.25, 0.3) is 0 Å². The Balaban J connectivity index is 2.24. The topological polar surface area (TPSA) is 29.5 Å². The molecule has 0 aliphatic carbocycles. The second-order valence-electron chi connectivity index (χ2n) is 4.86. The fourth-order valence-electron chi connectivity index (χ4n) is 1.97. The van der Waals surface area contributed by atoms with E-state index in [0.717, 1.165) is 19.5 Å². The van der Waals surface area contributed by atoms with Crippen molar-refractivity contribution in [3.63, 3.8) is 0 Å². The summed E-state index contributed by atoms with van der Waals surface area (Å²) < 4.78 is 5.20. The summed E-state index contributed by atoms with van der Waals surface area (Å²) in [7, 11) is 0. The molecule has 1 aliphatic rings. The Kier molecular flexibility index (Phi) is 4.92. The van der Waals surface area contributed by atoms with Gasteiger partial charge >= 0.3 is 6.09 Å². The molecule has 1 fully saturated rings. The van der Waals surface area contributed by atoms with Crippen LogP contribution in [0.15, 0.2) is 0 Å². The van der Waals surface area contributed by atoms with Crippen molar-refractivity contribution in [1.29, 1.82) is 0 Å². The summed E-state index contributed by atoms with van der Waals surface area (Å²) in [6.45, 7) is 8.61. The van der Waals surface area contributed by atoms with Gasteiger partial charge in [0.2, 0.25) is 0 Å². The van der Waals surface area contributed by atoms with Gasteiger partial charge < -0.3 is 9.64 Å². The fourth-order valence-corrected chi connectivity index (χ4v) is 1.97. The van der Waals surface area contributed by atoms with Crippen LogP contribution in [0.1, 0.15) is 40.0 Å². The van der Waals surface area contributed by atoms with Crippen LogP contribution in [0.4, 0.5) is 4.79 Å². The molecule has 0 aromatic heterocycles. The van der Waals surface area contributed by atoms with Crippen molar-refractivity contribution in [1.82, 2.24) is 4.90 Å². The third-order valence-electron chi connectivity index (χ3n) is 2.78. The number of carbonyl (C=O) groups is 1. The molecule has 1 atom stereocenters. The van der Waals surface area contributed by atoms with Crippen molar-refractivity contribution in [2.24, 2.45) is 11.8 Å². The van der Waals surface area contributed by atoms with E-state index in [-0.39, 0.29) is 6.09 Å². The van der Waals surface area contributed by atoms with Crippen molar-refractivity contribution >= 4 is 6.09 Å². The minimum Gasteiger partial charge on any atom is -0.449 e. The summed E-state index contributed by atoms with van der Waals surface area (Å²) in [4.78, 5) is 13.5. The van der Waals surface area contributed by atoms with Gasteiger partial charge in [-0.25, -0.2) is 4.79 Å². The van der Waals surface area contributed by atoms with Crippen molar-refractivity contribution in [2.75, 3.05) is 19.7 Å². The number of hydrogen-bond acceptors (Lipinski definition) is 2. The summed E-state index contributed by atoms with van der Waals surface area (Å²) in [6, 6.07) is 0. The molecule has 1 amide bonds. The smallest absolute Gasteiger partial charge is 0.409 e. The van der Waals surface area contributed by atoms with Gasteiger partial charge in [-0.3, -0.25) is 0 Å². The molecule has 0 aromatic rings. The molecule has 0 aromatic carbocycles. The Morgan fingerprint density at radius 3 is 2.87 bits per heavy atom. The van der Waals surface area contributed by atoms with E-state index in [1.165, 1.54) is 12.8 Å². The molecule has 1 unspecified atom stereocenters. The van der Waals surface area contributed by atoms with Gasteiger partial charge in [0.15, 0.2) is 0 Å². The predicted molar refractivity (Wildman–Crippen MR) is 60.8 cm³/mol. The van der Waals surface area contributed by atoms with Gasteiger partial charge in [0.1, 0.15) is 0 Å². The van der Waals surface area contributed by atoms with Crippen LogP contribution in [0.2, 0.25) is 0 Å². The zero-order valence-corrected chi connectivity index (χ0v) is 10.2. The first kappa shape index (κ1) is 12.3. The Morgan fingerprint density at radius 1 is 1.53 bits per heavy atom. The third-order valence-corrected chi connectivity index (χ3v) is 2.78. The molecule has 88 valence electrons. The van der Waals surface area contributed by atoms with Crippen LogP contribution in [0.25, 0.3) is 0 Å². The molecule has 15 heavy (non-hydrogen) atoms. The van der Waals surface area contributed by atoms with Crippen molar-refractivity contribution in [3.8, 4) is 0 Å². The largest absolute Gasteiger partial charge is 0.449 e. The molecule has 1 heterocycles. The Labute approximate surface area is 92.8 Å². The van der Waals surface area contributed by atoms with Crippen LogP contribution < -0.4 is 0 Å². The van der Waals surface area contributed by atoms with E-state index >= 15 is 0 Å². The highest BCUT2D eigenvalue weighted by Crippen LogP contribution is 2.21. The van der Waals surface area contributed by atoms with Gasteiger partial charge in [0.05, 0.1) is 6.61 Å². The van der Waals surface area contributed by atoms with Gasteiger partial charge in [-0.05, 0) is 24.7 Å². The molecule has 0 radical (unpaired) electrons. The van der Waals surface area contributed by atoms with Crippen LogP contribution >= 0.6 is 0 Å². The Morgan fingerprint density at radius 2 is 2.27 bits per heavy atom. The van der Waals surface area contributed by atoms with Crippen LogP contribution in [0, 0.1) is 11.8 Å². The lowest BCUT2D eigenvalue weighted by molar-refractivity contribution is 0.0982. The highest BCUT2D eigenvalue weighted by Gasteiger charge is 2.26. The molecule has 0 spiro atoms. The summed E-state index contributed by atoms with van der Waals surface area (Å²) >= 11 is 0. The van der Waals surface area contributed by atoms with Gasteiger partial charge in [-0.1, -0.05) is 27.2 Å². The first-order valence-corrected chi connectivity index (χ1v) is 6.05. The Bertz CT molecular complexity index is 204. The maximum absolute atomic E-state index is 11.6. The molecule has 0 saturated carbocycles. The number of ether oxygens (including phenoxy) is 1. The van der Waals surface area contributed by atoms with Gasteiger partial charge in [0, 0.05) is 13.1 Å². The van der Waals surface area contributed by atoms with Gasteiger partial charge in [-0.15, -0.1) is 0 Å². The lowest BCUT2D eigenvalue weighted by atomic mass is 10.0. The molecule has 3 heteroatoms. The maximum atomic E-state index is 11.6.